The second-order valence-corrected chi connectivity index (χ2v) is 7.46. The van der Waals surface area contributed by atoms with Gasteiger partial charge in [-0.3, -0.25) is 4.79 Å². The minimum atomic E-state index is -4.11. The van der Waals surface area contributed by atoms with Crippen molar-refractivity contribution in [1.82, 2.24) is 0 Å². The molecule has 2 aromatic rings. The number of carbonyl (C=O) groups is 2. The average Bonchev–Trinajstić information content (AvgIpc) is 2.59. The predicted molar refractivity (Wildman–Crippen MR) is 99.5 cm³/mol. The number of sulfonamides is 1. The number of primary sulfonamides is 1. The van der Waals surface area contributed by atoms with Crippen LogP contribution in [0.25, 0.3) is 0 Å². The molecule has 8 nitrogen and oxygen atoms in total. The lowest BCUT2D eigenvalue weighted by Gasteiger charge is -2.11. The molecule has 0 spiro atoms. The van der Waals surface area contributed by atoms with Crippen LogP contribution in [0.5, 0.6) is 5.75 Å². The number of methoxy groups -OCH3 is 1. The Morgan fingerprint density at radius 3 is 2.52 bits per heavy atom. The Hall–Kier alpha value is -2.62. The highest BCUT2D eigenvalue weighted by Crippen LogP contribution is 2.25. The molecule has 0 heterocycles. The molecule has 0 aliphatic carbocycles. The van der Waals surface area contributed by atoms with E-state index in [0.29, 0.717) is 11.4 Å². The molecule has 0 saturated carbocycles. The monoisotopic (exact) mass is 412 g/mol. The SMILES string of the molecule is COc1ccc(C)cc1NC(=O)COC(=O)c1ccc(Cl)c(S(N)(=O)=O)c1. The summed E-state index contributed by atoms with van der Waals surface area (Å²) in [6.45, 7) is 1.27. The third-order valence-electron chi connectivity index (χ3n) is 3.44. The van der Waals surface area contributed by atoms with Crippen LogP contribution in [-0.4, -0.2) is 34.0 Å². The van der Waals surface area contributed by atoms with Crippen molar-refractivity contribution < 1.29 is 27.5 Å². The quantitative estimate of drug-likeness (QED) is 0.700. The van der Waals surface area contributed by atoms with Crippen LogP contribution in [0, 0.1) is 6.92 Å². The van der Waals surface area contributed by atoms with Gasteiger partial charge in [0.1, 0.15) is 10.6 Å². The maximum absolute atomic E-state index is 12.1. The van der Waals surface area contributed by atoms with Crippen LogP contribution in [0.2, 0.25) is 5.02 Å². The number of nitrogens with two attached hydrogens (primary N) is 1. The van der Waals surface area contributed by atoms with E-state index in [2.05, 4.69) is 5.32 Å². The lowest BCUT2D eigenvalue weighted by atomic mass is 10.2. The van der Waals surface area contributed by atoms with Crippen molar-refractivity contribution >= 4 is 39.2 Å². The number of hydrogen-bond donors (Lipinski definition) is 2. The molecule has 0 unspecified atom stereocenters. The molecule has 2 aromatic carbocycles. The maximum Gasteiger partial charge on any atom is 0.338 e. The maximum atomic E-state index is 12.1. The summed E-state index contributed by atoms with van der Waals surface area (Å²) in [5.74, 6) is -1.04. The second kappa shape index (κ2) is 8.38. The summed E-state index contributed by atoms with van der Waals surface area (Å²) >= 11 is 5.76. The van der Waals surface area contributed by atoms with Gasteiger partial charge >= 0.3 is 5.97 Å². The highest BCUT2D eigenvalue weighted by molar-refractivity contribution is 7.89. The van der Waals surface area contributed by atoms with E-state index in [4.69, 9.17) is 26.2 Å². The van der Waals surface area contributed by atoms with E-state index in [1.807, 2.05) is 13.0 Å². The first-order valence-electron chi connectivity index (χ1n) is 7.56. The third kappa shape index (κ3) is 5.43. The normalized spacial score (nSPS) is 11.0. The van der Waals surface area contributed by atoms with Crippen LogP contribution in [-0.2, 0) is 19.6 Å². The lowest BCUT2D eigenvalue weighted by molar-refractivity contribution is -0.119. The van der Waals surface area contributed by atoms with Crippen LogP contribution >= 0.6 is 11.6 Å². The molecule has 144 valence electrons. The Bertz CT molecular complexity index is 991. The van der Waals surface area contributed by atoms with Gasteiger partial charge in [-0.05, 0) is 42.8 Å². The van der Waals surface area contributed by atoms with E-state index in [1.54, 1.807) is 12.1 Å². The molecule has 0 saturated heterocycles. The van der Waals surface area contributed by atoms with Crippen LogP contribution in [0.15, 0.2) is 41.3 Å². The van der Waals surface area contributed by atoms with Crippen molar-refractivity contribution in [1.29, 1.82) is 0 Å². The molecule has 2 rings (SSSR count). The number of amides is 1. The van der Waals surface area contributed by atoms with Gasteiger partial charge in [0.05, 0.1) is 23.4 Å². The number of esters is 1. The molecule has 10 heteroatoms. The molecule has 0 atom stereocenters. The zero-order chi connectivity index (χ0) is 20.2. The number of aryl methyl sites for hydroxylation is 1. The van der Waals surface area contributed by atoms with Gasteiger partial charge < -0.3 is 14.8 Å². The van der Waals surface area contributed by atoms with E-state index < -0.39 is 33.4 Å². The van der Waals surface area contributed by atoms with Crippen LogP contribution in [0.1, 0.15) is 15.9 Å². The van der Waals surface area contributed by atoms with Crippen molar-refractivity contribution in [3.8, 4) is 5.75 Å². The third-order valence-corrected chi connectivity index (χ3v) is 4.83. The second-order valence-electron chi connectivity index (χ2n) is 5.52. The smallest absolute Gasteiger partial charge is 0.338 e. The Morgan fingerprint density at radius 2 is 1.89 bits per heavy atom. The van der Waals surface area contributed by atoms with Crippen LogP contribution < -0.4 is 15.2 Å². The Balaban J connectivity index is 2.06. The number of anilines is 1. The molecular formula is C17H17ClN2O6S. The zero-order valence-corrected chi connectivity index (χ0v) is 16.1. The summed E-state index contributed by atoms with van der Waals surface area (Å²) < 4.78 is 33.0. The average molecular weight is 413 g/mol. The highest BCUT2D eigenvalue weighted by atomic mass is 35.5. The summed E-state index contributed by atoms with van der Waals surface area (Å²) in [4.78, 5) is 23.7. The summed E-state index contributed by atoms with van der Waals surface area (Å²) in [7, 11) is -2.64. The zero-order valence-electron chi connectivity index (χ0n) is 14.5. The molecular weight excluding hydrogens is 396 g/mol. The summed E-state index contributed by atoms with van der Waals surface area (Å²) in [6, 6.07) is 8.67. The highest BCUT2D eigenvalue weighted by Gasteiger charge is 2.18. The molecule has 3 N–H and O–H groups in total. The summed E-state index contributed by atoms with van der Waals surface area (Å²) in [5.41, 5.74) is 1.23. The number of hydrogen-bond acceptors (Lipinski definition) is 6. The van der Waals surface area contributed by atoms with E-state index >= 15 is 0 Å². The minimum absolute atomic E-state index is 0.107. The number of carbonyl (C=O) groups excluding carboxylic acids is 2. The number of ether oxygens (including phenoxy) is 2. The molecule has 0 bridgehead atoms. The van der Waals surface area contributed by atoms with Gasteiger partial charge in [-0.25, -0.2) is 18.4 Å². The Morgan fingerprint density at radius 1 is 1.19 bits per heavy atom. The van der Waals surface area contributed by atoms with Gasteiger partial charge in [0.25, 0.3) is 5.91 Å². The first kappa shape index (κ1) is 20.7. The Kier molecular flexibility index (Phi) is 6.42. The van der Waals surface area contributed by atoms with Crippen molar-refractivity contribution in [2.75, 3.05) is 19.0 Å². The first-order valence-corrected chi connectivity index (χ1v) is 9.48. The summed E-state index contributed by atoms with van der Waals surface area (Å²) in [5, 5.41) is 7.48. The fourth-order valence-corrected chi connectivity index (χ4v) is 3.24. The predicted octanol–water partition coefficient (Wildman–Crippen LogP) is 2.10. The molecule has 0 aliphatic rings. The lowest BCUT2D eigenvalue weighted by Crippen LogP contribution is -2.21. The van der Waals surface area contributed by atoms with E-state index in [9.17, 15) is 18.0 Å². The van der Waals surface area contributed by atoms with Crippen molar-refractivity contribution in [2.45, 2.75) is 11.8 Å². The fraction of sp³-hybridized carbons (Fsp3) is 0.176. The van der Waals surface area contributed by atoms with E-state index in [-0.39, 0.29) is 10.6 Å². The standard InChI is InChI=1S/C17H17ClN2O6S/c1-10-3-6-14(25-2)13(7-10)20-16(21)9-26-17(22)11-4-5-12(18)15(8-11)27(19,23)24/h3-8H,9H2,1-2H3,(H,20,21)(H2,19,23,24). The van der Waals surface area contributed by atoms with E-state index in [0.717, 1.165) is 11.6 Å². The molecule has 0 aliphatic heterocycles. The topological polar surface area (TPSA) is 125 Å². The van der Waals surface area contributed by atoms with Gasteiger partial charge in [0.15, 0.2) is 6.61 Å². The van der Waals surface area contributed by atoms with Crippen molar-refractivity contribution in [3.63, 3.8) is 0 Å². The number of halogens is 1. The van der Waals surface area contributed by atoms with Gasteiger partial charge in [0.2, 0.25) is 10.0 Å². The van der Waals surface area contributed by atoms with Gasteiger partial charge in [-0.15, -0.1) is 0 Å². The Labute approximate surface area is 161 Å². The van der Waals surface area contributed by atoms with Crippen molar-refractivity contribution in [2.24, 2.45) is 5.14 Å². The number of nitrogens with one attached hydrogen (secondary N) is 1. The number of rotatable bonds is 6. The number of benzene rings is 2. The van der Waals surface area contributed by atoms with Crippen LogP contribution in [0.4, 0.5) is 5.69 Å². The first-order chi connectivity index (χ1) is 12.6. The molecule has 27 heavy (non-hydrogen) atoms. The van der Waals surface area contributed by atoms with Gasteiger partial charge in [0, 0.05) is 0 Å². The van der Waals surface area contributed by atoms with Gasteiger partial charge in [-0.1, -0.05) is 17.7 Å². The van der Waals surface area contributed by atoms with Crippen molar-refractivity contribution in [3.05, 3.63) is 52.5 Å². The fourth-order valence-electron chi connectivity index (χ4n) is 2.17. The largest absolute Gasteiger partial charge is 0.495 e. The summed E-state index contributed by atoms with van der Waals surface area (Å²) in [6.07, 6.45) is 0. The minimum Gasteiger partial charge on any atom is -0.495 e. The molecule has 0 fully saturated rings. The van der Waals surface area contributed by atoms with Gasteiger partial charge in [-0.2, -0.15) is 0 Å². The molecule has 0 aromatic heterocycles. The molecule has 1 amide bonds. The van der Waals surface area contributed by atoms with Crippen LogP contribution in [0.3, 0.4) is 0 Å². The van der Waals surface area contributed by atoms with E-state index in [1.165, 1.54) is 19.2 Å². The molecule has 0 radical (unpaired) electrons.